The lowest BCUT2D eigenvalue weighted by atomic mass is 9.90. The molecule has 0 unspecified atom stereocenters. The number of amides is 2. The minimum absolute atomic E-state index is 0.0245. The topological polar surface area (TPSA) is 106 Å². The molecule has 2 bridgehead atoms. The van der Waals surface area contributed by atoms with Crippen LogP contribution in [-0.2, 0) is 14.3 Å². The predicted molar refractivity (Wildman–Crippen MR) is 124 cm³/mol. The first-order valence-corrected chi connectivity index (χ1v) is 12.0. The highest BCUT2D eigenvalue weighted by Crippen LogP contribution is 2.38. The molecule has 0 aromatic heterocycles. The number of fused-ring (bicyclic) bond motifs is 3. The first-order valence-electron chi connectivity index (χ1n) is 11.2. The number of ether oxygens (including phenoxy) is 3. The molecule has 3 aliphatic heterocycles. The van der Waals surface area contributed by atoms with Crippen molar-refractivity contribution >= 4 is 35.0 Å². The molecule has 8 nitrogen and oxygen atoms in total. The molecule has 2 aromatic carbocycles. The van der Waals surface area contributed by atoms with E-state index in [9.17, 15) is 19.1 Å². The second-order valence-corrected chi connectivity index (χ2v) is 9.72. The maximum atomic E-state index is 13.5. The van der Waals surface area contributed by atoms with E-state index in [0.29, 0.717) is 29.2 Å². The third-order valence-corrected chi connectivity index (χ3v) is 7.03. The summed E-state index contributed by atoms with van der Waals surface area (Å²) >= 11 is 11.6. The Labute approximate surface area is 210 Å². The van der Waals surface area contributed by atoms with E-state index >= 15 is 0 Å². The van der Waals surface area contributed by atoms with Crippen molar-refractivity contribution in [3.63, 3.8) is 0 Å². The molecule has 2 fully saturated rings. The van der Waals surface area contributed by atoms with E-state index < -0.39 is 18.0 Å². The largest absolute Gasteiger partial charge is 0.484 e. The average Bonchev–Trinajstić information content (AvgIpc) is 3.40. The molecule has 3 N–H and O–H groups in total. The van der Waals surface area contributed by atoms with Crippen LogP contribution in [0.25, 0.3) is 0 Å². The molecule has 3 heterocycles. The number of hydrogen-bond acceptors (Lipinski definition) is 6. The number of aliphatic hydroxyl groups excluding tert-OH is 1. The van der Waals surface area contributed by atoms with Crippen LogP contribution in [0, 0.1) is 5.82 Å². The van der Waals surface area contributed by atoms with Gasteiger partial charge in [0.1, 0.15) is 17.3 Å². The number of carbonyl (C=O) groups excluding carboxylic acids is 2. The number of carbonyl (C=O) groups is 2. The fourth-order valence-corrected chi connectivity index (χ4v) is 5.08. The minimum atomic E-state index is -0.851. The summed E-state index contributed by atoms with van der Waals surface area (Å²) in [6.07, 6.45) is -0.989. The monoisotopic (exact) mass is 524 g/mol. The molecule has 186 valence electrons. The Morgan fingerprint density at radius 1 is 1.06 bits per heavy atom. The summed E-state index contributed by atoms with van der Waals surface area (Å²) in [5.74, 6) is -0.667. The Bertz CT molecular complexity index is 1150. The molecule has 2 saturated heterocycles. The average molecular weight is 525 g/mol. The maximum Gasteiger partial charge on any atom is 0.261 e. The Morgan fingerprint density at radius 2 is 1.80 bits per heavy atom. The summed E-state index contributed by atoms with van der Waals surface area (Å²) in [6.45, 7) is -0.275. The fraction of sp³-hybridized carbons (Fsp3) is 0.417. The van der Waals surface area contributed by atoms with Crippen LogP contribution in [0.1, 0.15) is 30.9 Å². The number of halogens is 3. The van der Waals surface area contributed by atoms with Gasteiger partial charge in [-0.1, -0.05) is 23.2 Å². The molecule has 11 heteroatoms. The third kappa shape index (κ3) is 5.18. The summed E-state index contributed by atoms with van der Waals surface area (Å²) in [6, 6.07) is 8.44. The van der Waals surface area contributed by atoms with Gasteiger partial charge < -0.3 is 30.0 Å². The summed E-state index contributed by atoms with van der Waals surface area (Å²) in [4.78, 5) is 25.1. The molecule has 3 aliphatic rings. The van der Waals surface area contributed by atoms with Gasteiger partial charge in [0.25, 0.3) is 11.8 Å². The first kappa shape index (κ1) is 24.1. The van der Waals surface area contributed by atoms with Gasteiger partial charge in [-0.05, 0) is 43.2 Å². The predicted octanol–water partition coefficient (Wildman–Crippen LogP) is 2.93. The van der Waals surface area contributed by atoms with Gasteiger partial charge in [0.15, 0.2) is 12.7 Å². The van der Waals surface area contributed by atoms with Crippen LogP contribution in [0.5, 0.6) is 11.5 Å². The highest BCUT2D eigenvalue weighted by atomic mass is 35.5. The van der Waals surface area contributed by atoms with Crippen LogP contribution in [-0.4, -0.2) is 53.9 Å². The van der Waals surface area contributed by atoms with Crippen molar-refractivity contribution in [2.45, 2.75) is 55.8 Å². The summed E-state index contributed by atoms with van der Waals surface area (Å²) in [5.41, 5.74) is 0.563. The van der Waals surface area contributed by atoms with E-state index in [-0.39, 0.29) is 59.9 Å². The second-order valence-electron chi connectivity index (χ2n) is 8.88. The maximum absolute atomic E-state index is 13.5. The second kappa shape index (κ2) is 9.81. The van der Waals surface area contributed by atoms with Crippen molar-refractivity contribution in [1.82, 2.24) is 10.6 Å². The molecule has 35 heavy (non-hydrogen) atoms. The van der Waals surface area contributed by atoms with Crippen LogP contribution in [0.4, 0.5) is 4.39 Å². The van der Waals surface area contributed by atoms with Gasteiger partial charge in [0.2, 0.25) is 0 Å². The Balaban J connectivity index is 1.09. The van der Waals surface area contributed by atoms with Crippen molar-refractivity contribution in [2.75, 3.05) is 6.61 Å². The Kier molecular flexibility index (Phi) is 6.76. The normalized spacial score (nSPS) is 28.7. The van der Waals surface area contributed by atoms with Crippen molar-refractivity contribution in [3.8, 4) is 11.5 Å². The molecule has 0 saturated carbocycles. The zero-order valence-corrected chi connectivity index (χ0v) is 19.9. The van der Waals surface area contributed by atoms with Gasteiger partial charge in [-0.3, -0.25) is 9.59 Å². The van der Waals surface area contributed by atoms with E-state index in [1.165, 1.54) is 12.1 Å². The number of rotatable bonds is 6. The van der Waals surface area contributed by atoms with Crippen LogP contribution >= 0.6 is 23.2 Å². The standard InChI is InChI=1S/C24H23Cl2FN2O6/c25-11-1-4-19-13(5-11)18(30)9-22(34-19)24(32)29-17-8-20-16(7-21(17)35-20)28-23(31)10-33-12-2-3-14(26)15(27)6-12/h1-6,16-18,20-22,30H,7-10H2,(H,28,31)(H,29,32)/t16-,17-,18-,20+,21+,22+/m1/s1. The van der Waals surface area contributed by atoms with Gasteiger partial charge in [-0.2, -0.15) is 0 Å². The van der Waals surface area contributed by atoms with E-state index in [0.717, 1.165) is 6.07 Å². The van der Waals surface area contributed by atoms with E-state index in [2.05, 4.69) is 10.6 Å². The summed E-state index contributed by atoms with van der Waals surface area (Å²) in [5, 5.41) is 16.7. The molecule has 5 rings (SSSR count). The van der Waals surface area contributed by atoms with E-state index in [4.69, 9.17) is 37.4 Å². The van der Waals surface area contributed by atoms with Crippen molar-refractivity contribution in [1.29, 1.82) is 0 Å². The fourth-order valence-electron chi connectivity index (χ4n) is 4.78. The number of aliphatic hydroxyl groups is 1. The minimum Gasteiger partial charge on any atom is -0.484 e. The quantitative estimate of drug-likeness (QED) is 0.536. The van der Waals surface area contributed by atoms with Crippen LogP contribution < -0.4 is 20.1 Å². The van der Waals surface area contributed by atoms with Crippen molar-refractivity contribution < 1.29 is 33.3 Å². The molecular formula is C24H23Cl2FN2O6. The van der Waals surface area contributed by atoms with Gasteiger partial charge in [-0.25, -0.2) is 4.39 Å². The molecule has 2 aromatic rings. The lowest BCUT2D eigenvalue weighted by Crippen LogP contribution is -2.52. The zero-order chi connectivity index (χ0) is 24.7. The first-order chi connectivity index (χ1) is 16.8. The SMILES string of the molecule is O=C(COc1ccc(Cl)c(F)c1)N[C@@H]1C[C@@H]2O[C@H]1C[C@H]2NC(=O)[C@@H]1C[C@@H](O)c2cc(Cl)ccc2O1. The summed E-state index contributed by atoms with van der Waals surface area (Å²) in [7, 11) is 0. The van der Waals surface area contributed by atoms with E-state index in [1.54, 1.807) is 18.2 Å². The van der Waals surface area contributed by atoms with Crippen molar-refractivity contribution in [2.24, 2.45) is 0 Å². The van der Waals surface area contributed by atoms with Crippen molar-refractivity contribution in [3.05, 3.63) is 57.8 Å². The number of benzene rings is 2. The van der Waals surface area contributed by atoms with Crippen LogP contribution in [0.2, 0.25) is 10.0 Å². The van der Waals surface area contributed by atoms with Gasteiger partial charge in [-0.15, -0.1) is 0 Å². The smallest absolute Gasteiger partial charge is 0.261 e. The van der Waals surface area contributed by atoms with E-state index in [1.807, 2.05) is 0 Å². The molecular weight excluding hydrogens is 502 g/mol. The van der Waals surface area contributed by atoms with Crippen LogP contribution in [0.15, 0.2) is 36.4 Å². The van der Waals surface area contributed by atoms with Gasteiger partial charge in [0.05, 0.1) is 35.4 Å². The molecule has 0 aliphatic carbocycles. The lowest BCUT2D eigenvalue weighted by molar-refractivity contribution is -0.131. The Morgan fingerprint density at radius 3 is 2.51 bits per heavy atom. The van der Waals surface area contributed by atoms with Gasteiger partial charge >= 0.3 is 0 Å². The molecule has 0 radical (unpaired) electrons. The molecule has 6 atom stereocenters. The highest BCUT2D eigenvalue weighted by Gasteiger charge is 2.49. The third-order valence-electron chi connectivity index (χ3n) is 6.48. The zero-order valence-electron chi connectivity index (χ0n) is 18.4. The Hall–Kier alpha value is -2.59. The molecule has 2 amide bonds. The van der Waals surface area contributed by atoms with Gasteiger partial charge in [0, 0.05) is 23.1 Å². The molecule has 0 spiro atoms. The highest BCUT2D eigenvalue weighted by molar-refractivity contribution is 6.31. The van der Waals surface area contributed by atoms with Crippen LogP contribution in [0.3, 0.4) is 0 Å². The lowest BCUT2D eigenvalue weighted by Gasteiger charge is -2.31. The number of nitrogens with one attached hydrogen (secondary N) is 2. The summed E-state index contributed by atoms with van der Waals surface area (Å²) < 4.78 is 30.5. The number of hydrogen-bond donors (Lipinski definition) is 3.